The van der Waals surface area contributed by atoms with Gasteiger partial charge in [-0.05, 0) is 18.4 Å². The van der Waals surface area contributed by atoms with E-state index < -0.39 is 0 Å². The predicted octanol–water partition coefficient (Wildman–Crippen LogP) is 1.73. The number of hydrogen-bond acceptors (Lipinski definition) is 4. The molecule has 0 radical (unpaired) electrons. The van der Waals surface area contributed by atoms with Crippen molar-refractivity contribution in [3.05, 3.63) is 23.9 Å². The molecule has 132 valence electrons. The number of ether oxygens (including phenoxy) is 1. The molecule has 1 saturated carbocycles. The Hall–Kier alpha value is -2.31. The second kappa shape index (κ2) is 9.75. The minimum Gasteiger partial charge on any atom is -0.481 e. The molecule has 1 aromatic rings. The Morgan fingerprint density at radius 1 is 1.21 bits per heavy atom. The van der Waals surface area contributed by atoms with Gasteiger partial charge in [0.2, 0.25) is 11.8 Å². The Bertz CT molecular complexity index is 527. The molecule has 1 heterocycles. The van der Waals surface area contributed by atoms with E-state index in [1.54, 1.807) is 19.4 Å². The fraction of sp³-hybridized carbons (Fsp3) is 0.588. The molecule has 0 spiro atoms. The third-order valence-electron chi connectivity index (χ3n) is 4.07. The lowest BCUT2D eigenvalue weighted by molar-refractivity contribution is -0.121. The number of carbonyl (C=O) groups excluding carboxylic acids is 2. The Kier molecular flexibility index (Phi) is 7.32. The number of rotatable bonds is 7. The first kappa shape index (κ1) is 18.0. The zero-order valence-electron chi connectivity index (χ0n) is 14.1. The Morgan fingerprint density at radius 3 is 2.67 bits per heavy atom. The van der Waals surface area contributed by atoms with Gasteiger partial charge in [-0.2, -0.15) is 0 Å². The van der Waals surface area contributed by atoms with E-state index in [0.717, 1.165) is 18.4 Å². The molecule has 7 heteroatoms. The van der Waals surface area contributed by atoms with Gasteiger partial charge >= 0.3 is 6.03 Å². The molecule has 0 aliphatic heterocycles. The highest BCUT2D eigenvalue weighted by molar-refractivity contribution is 5.78. The maximum absolute atomic E-state index is 11.8. The number of carbonyl (C=O) groups is 2. The Labute approximate surface area is 142 Å². The average molecular weight is 334 g/mol. The third-order valence-corrected chi connectivity index (χ3v) is 4.07. The molecule has 24 heavy (non-hydrogen) atoms. The standard InChI is InChI=1S/C17H26N4O3/c1-24-16-8-7-13(12-20-16)11-19-15(22)9-10-18-17(23)21-14-5-3-2-4-6-14/h7-8,12,14H,2-6,9-11H2,1H3,(H,19,22)(H2,18,21,23). The summed E-state index contributed by atoms with van der Waals surface area (Å²) < 4.78 is 4.98. The van der Waals surface area contributed by atoms with Gasteiger partial charge in [0.15, 0.2) is 0 Å². The first-order valence-electron chi connectivity index (χ1n) is 8.47. The average Bonchev–Trinajstić information content (AvgIpc) is 2.61. The number of amides is 3. The van der Waals surface area contributed by atoms with Gasteiger partial charge in [0.25, 0.3) is 0 Å². The molecule has 0 bridgehead atoms. The fourth-order valence-electron chi connectivity index (χ4n) is 2.70. The summed E-state index contributed by atoms with van der Waals surface area (Å²) in [6, 6.07) is 3.69. The number of urea groups is 1. The minimum atomic E-state index is -0.186. The van der Waals surface area contributed by atoms with Crippen LogP contribution in [0.1, 0.15) is 44.1 Å². The second-order valence-corrected chi connectivity index (χ2v) is 5.97. The molecule has 1 aromatic heterocycles. The molecule has 3 N–H and O–H groups in total. The van der Waals surface area contributed by atoms with E-state index in [0.29, 0.717) is 19.0 Å². The van der Waals surface area contributed by atoms with E-state index in [4.69, 9.17) is 4.74 Å². The van der Waals surface area contributed by atoms with Crippen LogP contribution in [0.2, 0.25) is 0 Å². The van der Waals surface area contributed by atoms with Crippen molar-refractivity contribution in [3.63, 3.8) is 0 Å². The van der Waals surface area contributed by atoms with Gasteiger partial charge in [0.05, 0.1) is 7.11 Å². The predicted molar refractivity (Wildman–Crippen MR) is 90.7 cm³/mol. The first-order valence-corrected chi connectivity index (χ1v) is 8.47. The molecular formula is C17H26N4O3. The van der Waals surface area contributed by atoms with E-state index in [1.807, 2.05) is 6.07 Å². The molecule has 1 aliphatic rings. The number of aromatic nitrogens is 1. The van der Waals surface area contributed by atoms with Crippen molar-refractivity contribution >= 4 is 11.9 Å². The molecule has 2 rings (SSSR count). The molecule has 0 aromatic carbocycles. The van der Waals surface area contributed by atoms with Crippen LogP contribution >= 0.6 is 0 Å². The van der Waals surface area contributed by atoms with Crippen LogP contribution in [0.5, 0.6) is 5.88 Å². The molecule has 3 amide bonds. The van der Waals surface area contributed by atoms with Crippen LogP contribution in [0.15, 0.2) is 18.3 Å². The molecule has 1 aliphatic carbocycles. The quantitative estimate of drug-likeness (QED) is 0.708. The second-order valence-electron chi connectivity index (χ2n) is 5.97. The lowest BCUT2D eigenvalue weighted by Gasteiger charge is -2.22. The van der Waals surface area contributed by atoms with Gasteiger partial charge in [-0.1, -0.05) is 25.3 Å². The van der Waals surface area contributed by atoms with Gasteiger partial charge in [0.1, 0.15) is 0 Å². The third kappa shape index (κ3) is 6.44. The molecular weight excluding hydrogens is 308 g/mol. The summed E-state index contributed by atoms with van der Waals surface area (Å²) in [7, 11) is 1.56. The summed E-state index contributed by atoms with van der Waals surface area (Å²) in [4.78, 5) is 27.6. The fourth-order valence-corrected chi connectivity index (χ4v) is 2.70. The summed E-state index contributed by atoms with van der Waals surface area (Å²) in [5.41, 5.74) is 0.896. The van der Waals surface area contributed by atoms with E-state index in [-0.39, 0.29) is 24.4 Å². The number of nitrogens with one attached hydrogen (secondary N) is 3. The van der Waals surface area contributed by atoms with Crippen molar-refractivity contribution in [2.45, 2.75) is 51.1 Å². The van der Waals surface area contributed by atoms with Crippen molar-refractivity contribution in [1.82, 2.24) is 20.9 Å². The summed E-state index contributed by atoms with van der Waals surface area (Å²) in [5.74, 6) is 0.432. The lowest BCUT2D eigenvalue weighted by Crippen LogP contribution is -2.43. The maximum Gasteiger partial charge on any atom is 0.315 e. The zero-order chi connectivity index (χ0) is 17.2. The molecule has 7 nitrogen and oxygen atoms in total. The van der Waals surface area contributed by atoms with Crippen LogP contribution in [0.25, 0.3) is 0 Å². The largest absolute Gasteiger partial charge is 0.481 e. The van der Waals surface area contributed by atoms with Gasteiger partial charge in [-0.3, -0.25) is 4.79 Å². The van der Waals surface area contributed by atoms with E-state index >= 15 is 0 Å². The van der Waals surface area contributed by atoms with Crippen molar-refractivity contribution < 1.29 is 14.3 Å². The topological polar surface area (TPSA) is 92.4 Å². The maximum atomic E-state index is 11.8. The highest BCUT2D eigenvalue weighted by atomic mass is 16.5. The summed E-state index contributed by atoms with van der Waals surface area (Å²) in [6.45, 7) is 0.731. The summed E-state index contributed by atoms with van der Waals surface area (Å²) in [5, 5.41) is 8.49. The number of methoxy groups -OCH3 is 1. The van der Waals surface area contributed by atoms with Crippen LogP contribution < -0.4 is 20.7 Å². The van der Waals surface area contributed by atoms with Crippen molar-refractivity contribution in [2.75, 3.05) is 13.7 Å². The number of nitrogens with zero attached hydrogens (tertiary/aromatic N) is 1. The number of hydrogen-bond donors (Lipinski definition) is 3. The SMILES string of the molecule is COc1ccc(CNC(=O)CCNC(=O)NC2CCCCC2)cn1. The Morgan fingerprint density at radius 2 is 2.00 bits per heavy atom. The van der Waals surface area contributed by atoms with E-state index in [9.17, 15) is 9.59 Å². The van der Waals surface area contributed by atoms with Crippen molar-refractivity contribution in [2.24, 2.45) is 0 Å². The van der Waals surface area contributed by atoms with E-state index in [1.165, 1.54) is 19.3 Å². The van der Waals surface area contributed by atoms with Gasteiger partial charge in [-0.25, -0.2) is 9.78 Å². The molecule has 0 atom stereocenters. The van der Waals surface area contributed by atoms with Crippen molar-refractivity contribution in [3.8, 4) is 5.88 Å². The van der Waals surface area contributed by atoms with Crippen LogP contribution in [0.4, 0.5) is 4.79 Å². The lowest BCUT2D eigenvalue weighted by atomic mass is 9.96. The van der Waals surface area contributed by atoms with Crippen molar-refractivity contribution in [1.29, 1.82) is 0 Å². The van der Waals surface area contributed by atoms with Gasteiger partial charge < -0.3 is 20.7 Å². The first-order chi connectivity index (χ1) is 11.7. The highest BCUT2D eigenvalue weighted by Gasteiger charge is 2.15. The van der Waals surface area contributed by atoms with Crippen LogP contribution in [0, 0.1) is 0 Å². The van der Waals surface area contributed by atoms with Gasteiger partial charge in [-0.15, -0.1) is 0 Å². The smallest absolute Gasteiger partial charge is 0.315 e. The van der Waals surface area contributed by atoms with Crippen LogP contribution in [-0.4, -0.2) is 36.6 Å². The summed E-state index contributed by atoms with van der Waals surface area (Å²) in [6.07, 6.45) is 7.61. The zero-order valence-corrected chi connectivity index (χ0v) is 14.1. The van der Waals surface area contributed by atoms with Crippen LogP contribution in [-0.2, 0) is 11.3 Å². The van der Waals surface area contributed by atoms with Gasteiger partial charge in [0, 0.05) is 37.8 Å². The minimum absolute atomic E-state index is 0.108. The number of pyridine rings is 1. The molecule has 0 saturated heterocycles. The normalized spacial score (nSPS) is 14.7. The van der Waals surface area contributed by atoms with E-state index in [2.05, 4.69) is 20.9 Å². The molecule has 1 fully saturated rings. The highest BCUT2D eigenvalue weighted by Crippen LogP contribution is 2.17. The molecule has 0 unspecified atom stereocenters. The monoisotopic (exact) mass is 334 g/mol. The summed E-state index contributed by atoms with van der Waals surface area (Å²) >= 11 is 0. The Balaban J connectivity index is 1.57. The van der Waals surface area contributed by atoms with Crippen LogP contribution in [0.3, 0.4) is 0 Å².